The summed E-state index contributed by atoms with van der Waals surface area (Å²) in [5.74, 6) is 2.06. The van der Waals surface area contributed by atoms with Gasteiger partial charge in [-0.05, 0) is 69.2 Å². The van der Waals surface area contributed by atoms with E-state index >= 15 is 0 Å². The molecule has 0 aliphatic heterocycles. The second-order valence-electron chi connectivity index (χ2n) is 8.21. The van der Waals surface area contributed by atoms with Crippen molar-refractivity contribution in [3.8, 4) is 0 Å². The highest BCUT2D eigenvalue weighted by atomic mass is 15.2. The SMILES string of the molecule is CNC1CCC(C)(C)CC1N(CC1CC1)CC1CC1. The minimum absolute atomic E-state index is 0.545. The Morgan fingerprint density at radius 1 is 1.00 bits per heavy atom. The first-order chi connectivity index (χ1) is 9.07. The Hall–Kier alpha value is -0.0800. The molecule has 3 saturated carbocycles. The van der Waals surface area contributed by atoms with Crippen LogP contribution in [0.1, 0.15) is 58.8 Å². The summed E-state index contributed by atoms with van der Waals surface area (Å²) >= 11 is 0. The molecule has 3 fully saturated rings. The molecule has 3 aliphatic carbocycles. The van der Waals surface area contributed by atoms with Crippen LogP contribution in [-0.4, -0.2) is 37.1 Å². The molecule has 0 aromatic carbocycles. The van der Waals surface area contributed by atoms with Crippen molar-refractivity contribution >= 4 is 0 Å². The Morgan fingerprint density at radius 3 is 2.05 bits per heavy atom. The third-order valence-electron chi connectivity index (χ3n) is 5.58. The van der Waals surface area contributed by atoms with Gasteiger partial charge >= 0.3 is 0 Å². The van der Waals surface area contributed by atoms with Gasteiger partial charge in [-0.2, -0.15) is 0 Å². The zero-order chi connectivity index (χ0) is 13.5. The average molecular weight is 264 g/mol. The molecule has 2 unspecified atom stereocenters. The van der Waals surface area contributed by atoms with Crippen LogP contribution in [0, 0.1) is 17.3 Å². The van der Waals surface area contributed by atoms with E-state index < -0.39 is 0 Å². The molecule has 0 aromatic heterocycles. The summed E-state index contributed by atoms with van der Waals surface area (Å²) in [7, 11) is 2.17. The van der Waals surface area contributed by atoms with Gasteiger partial charge in [-0.15, -0.1) is 0 Å². The lowest BCUT2D eigenvalue weighted by Crippen LogP contribution is -2.54. The van der Waals surface area contributed by atoms with Gasteiger partial charge in [0.2, 0.25) is 0 Å². The van der Waals surface area contributed by atoms with Crippen LogP contribution in [0.5, 0.6) is 0 Å². The van der Waals surface area contributed by atoms with Crippen LogP contribution < -0.4 is 5.32 Å². The van der Waals surface area contributed by atoms with Gasteiger partial charge < -0.3 is 5.32 Å². The summed E-state index contributed by atoms with van der Waals surface area (Å²) in [5, 5.41) is 3.62. The molecule has 0 amide bonds. The lowest BCUT2D eigenvalue weighted by molar-refractivity contribution is 0.0607. The predicted molar refractivity (Wildman–Crippen MR) is 81.3 cm³/mol. The van der Waals surface area contributed by atoms with E-state index in [1.54, 1.807) is 0 Å². The highest BCUT2D eigenvalue weighted by Crippen LogP contribution is 2.41. The maximum absolute atomic E-state index is 3.62. The first-order valence-electron chi connectivity index (χ1n) is 8.49. The molecule has 2 heteroatoms. The monoisotopic (exact) mass is 264 g/mol. The molecule has 3 aliphatic rings. The lowest BCUT2D eigenvalue weighted by atomic mass is 9.72. The molecule has 2 atom stereocenters. The fourth-order valence-electron chi connectivity index (χ4n) is 3.88. The zero-order valence-corrected chi connectivity index (χ0v) is 13.1. The highest BCUT2D eigenvalue weighted by molar-refractivity contribution is 4.96. The van der Waals surface area contributed by atoms with E-state index in [4.69, 9.17) is 0 Å². The Bertz CT molecular complexity index is 290. The molecule has 1 N–H and O–H groups in total. The van der Waals surface area contributed by atoms with Gasteiger partial charge in [-0.3, -0.25) is 4.90 Å². The molecule has 0 aromatic rings. The number of nitrogens with zero attached hydrogens (tertiary/aromatic N) is 1. The predicted octanol–water partition coefficient (Wildman–Crippen LogP) is 3.28. The van der Waals surface area contributed by atoms with Gasteiger partial charge in [0, 0.05) is 25.2 Å². The third kappa shape index (κ3) is 3.72. The summed E-state index contributed by atoms with van der Waals surface area (Å²) in [4.78, 5) is 2.89. The van der Waals surface area contributed by atoms with Gasteiger partial charge in [0.15, 0.2) is 0 Å². The summed E-state index contributed by atoms with van der Waals surface area (Å²) in [6.45, 7) is 7.71. The van der Waals surface area contributed by atoms with Crippen LogP contribution in [0.15, 0.2) is 0 Å². The van der Waals surface area contributed by atoms with E-state index in [1.807, 2.05) is 0 Å². The molecule has 110 valence electrons. The van der Waals surface area contributed by atoms with Crippen molar-refractivity contribution in [2.45, 2.75) is 70.9 Å². The minimum Gasteiger partial charge on any atom is -0.315 e. The van der Waals surface area contributed by atoms with Crippen molar-refractivity contribution < 1.29 is 0 Å². The number of nitrogens with one attached hydrogen (secondary N) is 1. The van der Waals surface area contributed by atoms with Crippen LogP contribution in [0.3, 0.4) is 0 Å². The molecule has 0 heterocycles. The van der Waals surface area contributed by atoms with Crippen molar-refractivity contribution in [3.05, 3.63) is 0 Å². The van der Waals surface area contributed by atoms with Gasteiger partial charge in [-0.25, -0.2) is 0 Å². The molecule has 0 saturated heterocycles. The molecule has 3 rings (SSSR count). The zero-order valence-electron chi connectivity index (χ0n) is 13.1. The van der Waals surface area contributed by atoms with Crippen molar-refractivity contribution in [1.82, 2.24) is 10.2 Å². The average Bonchev–Trinajstić information content (AvgIpc) is 3.22. The Kier molecular flexibility index (Phi) is 3.92. The minimum atomic E-state index is 0.545. The number of likely N-dealkylation sites (N-methyl/N-ethyl adjacent to an activating group) is 1. The molecule has 19 heavy (non-hydrogen) atoms. The first-order valence-corrected chi connectivity index (χ1v) is 8.49. The van der Waals surface area contributed by atoms with E-state index in [0.29, 0.717) is 5.41 Å². The van der Waals surface area contributed by atoms with Crippen LogP contribution >= 0.6 is 0 Å². The second-order valence-corrected chi connectivity index (χ2v) is 8.21. The normalized spacial score (nSPS) is 34.7. The Balaban J connectivity index is 1.68. The summed E-state index contributed by atoms with van der Waals surface area (Å²) < 4.78 is 0. The van der Waals surface area contributed by atoms with E-state index in [9.17, 15) is 0 Å². The standard InChI is InChI=1S/C17H32N2/c1-17(2)9-8-15(18-3)16(10-17)19(11-13-4-5-13)12-14-6-7-14/h13-16,18H,4-12H2,1-3H3. The van der Waals surface area contributed by atoms with E-state index in [-0.39, 0.29) is 0 Å². The number of hydrogen-bond acceptors (Lipinski definition) is 2. The molecular formula is C17H32N2. The van der Waals surface area contributed by atoms with Crippen molar-refractivity contribution in [2.75, 3.05) is 20.1 Å². The fraction of sp³-hybridized carbons (Fsp3) is 1.00. The summed E-state index contributed by atoms with van der Waals surface area (Å²) in [6.07, 6.45) is 10.1. The van der Waals surface area contributed by atoms with Crippen molar-refractivity contribution in [1.29, 1.82) is 0 Å². The Labute approximate surface area is 119 Å². The maximum atomic E-state index is 3.62. The van der Waals surface area contributed by atoms with Crippen molar-refractivity contribution in [2.24, 2.45) is 17.3 Å². The van der Waals surface area contributed by atoms with Crippen LogP contribution in [0.25, 0.3) is 0 Å². The fourth-order valence-corrected chi connectivity index (χ4v) is 3.88. The Morgan fingerprint density at radius 2 is 1.58 bits per heavy atom. The first kappa shape index (κ1) is 13.9. The van der Waals surface area contributed by atoms with Gasteiger partial charge in [0.1, 0.15) is 0 Å². The highest BCUT2D eigenvalue weighted by Gasteiger charge is 2.40. The van der Waals surface area contributed by atoms with Gasteiger partial charge in [0.25, 0.3) is 0 Å². The second kappa shape index (κ2) is 5.37. The van der Waals surface area contributed by atoms with Crippen molar-refractivity contribution in [3.63, 3.8) is 0 Å². The number of rotatable bonds is 6. The van der Waals surface area contributed by atoms with E-state index in [0.717, 1.165) is 23.9 Å². The van der Waals surface area contributed by atoms with Gasteiger partial charge in [0.05, 0.1) is 0 Å². The summed E-state index contributed by atoms with van der Waals surface area (Å²) in [6, 6.07) is 1.51. The largest absolute Gasteiger partial charge is 0.315 e. The smallest absolute Gasteiger partial charge is 0.0254 e. The number of hydrogen-bond donors (Lipinski definition) is 1. The van der Waals surface area contributed by atoms with Gasteiger partial charge in [-0.1, -0.05) is 13.8 Å². The van der Waals surface area contributed by atoms with E-state index in [1.165, 1.54) is 58.0 Å². The molecule has 0 spiro atoms. The van der Waals surface area contributed by atoms with E-state index in [2.05, 4.69) is 31.1 Å². The topological polar surface area (TPSA) is 15.3 Å². The quantitative estimate of drug-likeness (QED) is 0.792. The maximum Gasteiger partial charge on any atom is 0.0254 e. The molecule has 0 radical (unpaired) electrons. The van der Waals surface area contributed by atoms with Crippen LogP contribution in [0.2, 0.25) is 0 Å². The summed E-state index contributed by atoms with van der Waals surface area (Å²) in [5.41, 5.74) is 0.545. The van der Waals surface area contributed by atoms with Crippen LogP contribution in [0.4, 0.5) is 0 Å². The van der Waals surface area contributed by atoms with Crippen LogP contribution in [-0.2, 0) is 0 Å². The molecule has 0 bridgehead atoms. The molecule has 2 nitrogen and oxygen atoms in total. The lowest BCUT2D eigenvalue weighted by Gasteiger charge is -2.46. The molecular weight excluding hydrogens is 232 g/mol. The third-order valence-corrected chi connectivity index (χ3v) is 5.58.